The molecule has 1 aliphatic rings. The van der Waals surface area contributed by atoms with Crippen LogP contribution in [-0.2, 0) is 0 Å². The van der Waals surface area contributed by atoms with Crippen LogP contribution in [-0.4, -0.2) is 25.5 Å². The molecule has 2 aromatic rings. The second-order valence-corrected chi connectivity index (χ2v) is 6.69. The molecule has 0 fully saturated rings. The molecule has 0 radical (unpaired) electrons. The van der Waals surface area contributed by atoms with Crippen LogP contribution in [0.15, 0.2) is 54.6 Å². The molecular weight excluding hydrogens is 334 g/mol. The van der Waals surface area contributed by atoms with Gasteiger partial charge in [0.05, 0.1) is 0 Å². The van der Waals surface area contributed by atoms with Crippen molar-refractivity contribution < 1.29 is 0 Å². The van der Waals surface area contributed by atoms with Crippen LogP contribution in [0.25, 0.3) is 16.1 Å². The summed E-state index contributed by atoms with van der Waals surface area (Å²) in [4.78, 5) is 2.22. The van der Waals surface area contributed by atoms with Gasteiger partial charge in [0.25, 0.3) is 0 Å². The van der Waals surface area contributed by atoms with E-state index in [9.17, 15) is 0 Å². The maximum Gasteiger partial charge on any atom is 0.0260 e. The van der Waals surface area contributed by atoms with Crippen LogP contribution in [0.5, 0.6) is 0 Å². The minimum absolute atomic E-state index is 1.04. The third kappa shape index (κ3) is 3.08. The zero-order chi connectivity index (χ0) is 15.5. The summed E-state index contributed by atoms with van der Waals surface area (Å²) in [5.41, 5.74) is 6.47. The highest BCUT2D eigenvalue weighted by Gasteiger charge is 2.17. The first kappa shape index (κ1) is 15.3. The lowest BCUT2D eigenvalue weighted by Crippen LogP contribution is -2.12. The number of nitrogens with zero attached hydrogens (tertiary/aromatic N) is 1. The van der Waals surface area contributed by atoms with E-state index in [2.05, 4.69) is 95.6 Å². The largest absolute Gasteiger partial charge is 0.309 e. The van der Waals surface area contributed by atoms with Gasteiger partial charge in [0.15, 0.2) is 0 Å². The van der Waals surface area contributed by atoms with Crippen LogP contribution in [0.2, 0.25) is 0 Å². The van der Waals surface area contributed by atoms with E-state index in [1.165, 1.54) is 27.8 Å². The zero-order valence-corrected chi connectivity index (χ0v) is 14.6. The smallest absolute Gasteiger partial charge is 0.0260 e. The second kappa shape index (κ2) is 6.64. The van der Waals surface area contributed by atoms with Crippen molar-refractivity contribution in [1.29, 1.82) is 0 Å². The van der Waals surface area contributed by atoms with Crippen molar-refractivity contribution in [3.63, 3.8) is 0 Å². The molecule has 0 unspecified atom stereocenters. The van der Waals surface area contributed by atoms with Crippen molar-refractivity contribution in [2.24, 2.45) is 0 Å². The summed E-state index contributed by atoms with van der Waals surface area (Å²) in [5.74, 6) is 0. The molecule has 0 aromatic heterocycles. The summed E-state index contributed by atoms with van der Waals surface area (Å²) in [6.07, 6.45) is 5.64. The fourth-order valence-corrected chi connectivity index (χ4v) is 3.43. The first-order valence-electron chi connectivity index (χ1n) is 7.58. The molecule has 0 N–H and O–H groups in total. The van der Waals surface area contributed by atoms with E-state index in [4.69, 9.17) is 0 Å². The van der Waals surface area contributed by atoms with Gasteiger partial charge in [-0.3, -0.25) is 0 Å². The molecule has 0 heterocycles. The monoisotopic (exact) mass is 353 g/mol. The first-order chi connectivity index (χ1) is 10.7. The van der Waals surface area contributed by atoms with Crippen molar-refractivity contribution >= 4 is 32.1 Å². The third-order valence-corrected chi connectivity index (χ3v) is 4.59. The van der Waals surface area contributed by atoms with Gasteiger partial charge < -0.3 is 4.90 Å². The molecule has 1 aliphatic carbocycles. The van der Waals surface area contributed by atoms with E-state index in [1.54, 1.807) is 0 Å². The Kier molecular flexibility index (Phi) is 4.60. The van der Waals surface area contributed by atoms with Crippen LogP contribution < -0.4 is 0 Å². The van der Waals surface area contributed by atoms with Gasteiger partial charge in [-0.1, -0.05) is 70.5 Å². The molecule has 0 saturated heterocycles. The van der Waals surface area contributed by atoms with Gasteiger partial charge >= 0.3 is 0 Å². The molecule has 22 heavy (non-hydrogen) atoms. The van der Waals surface area contributed by atoms with E-state index in [0.29, 0.717) is 0 Å². The SMILES string of the molecule is CN(C)CCC=C1c2ccccc2C=C(Br)c2ccccc21. The Morgan fingerprint density at radius 3 is 2.27 bits per heavy atom. The van der Waals surface area contributed by atoms with Gasteiger partial charge in [-0.25, -0.2) is 0 Å². The van der Waals surface area contributed by atoms with Gasteiger partial charge in [0.2, 0.25) is 0 Å². The molecule has 0 saturated carbocycles. The Morgan fingerprint density at radius 2 is 1.55 bits per heavy atom. The molecule has 0 aliphatic heterocycles. The Morgan fingerprint density at radius 1 is 0.909 bits per heavy atom. The van der Waals surface area contributed by atoms with Gasteiger partial charge in [0.1, 0.15) is 0 Å². The minimum Gasteiger partial charge on any atom is -0.309 e. The summed E-state index contributed by atoms with van der Waals surface area (Å²) in [7, 11) is 4.23. The molecule has 0 spiro atoms. The number of hydrogen-bond donors (Lipinski definition) is 0. The summed E-state index contributed by atoms with van der Waals surface area (Å²) in [6.45, 7) is 1.06. The number of halogens is 1. The highest BCUT2D eigenvalue weighted by molar-refractivity contribution is 9.15. The van der Waals surface area contributed by atoms with Crippen molar-refractivity contribution in [1.82, 2.24) is 4.90 Å². The lowest BCUT2D eigenvalue weighted by Gasteiger charge is -2.13. The standard InChI is InChI=1S/C20H20BrN/c1-22(2)13-7-12-17-16-9-4-3-8-15(16)14-20(21)19-11-6-5-10-18(17)19/h3-6,8-12,14H,7,13H2,1-2H3. The van der Waals surface area contributed by atoms with Crippen molar-refractivity contribution in [2.75, 3.05) is 20.6 Å². The molecule has 112 valence electrons. The van der Waals surface area contributed by atoms with E-state index < -0.39 is 0 Å². The maximum atomic E-state index is 3.75. The molecule has 0 atom stereocenters. The Hall–Kier alpha value is -1.64. The highest BCUT2D eigenvalue weighted by Crippen LogP contribution is 2.39. The second-order valence-electron chi connectivity index (χ2n) is 5.83. The summed E-state index contributed by atoms with van der Waals surface area (Å²) in [6, 6.07) is 17.2. The van der Waals surface area contributed by atoms with E-state index in [1.807, 2.05) is 0 Å². The van der Waals surface area contributed by atoms with E-state index >= 15 is 0 Å². The summed E-state index contributed by atoms with van der Waals surface area (Å²) >= 11 is 3.75. The normalized spacial score (nSPS) is 15.3. The van der Waals surface area contributed by atoms with Crippen molar-refractivity contribution in [3.05, 3.63) is 76.9 Å². The molecule has 3 rings (SSSR count). The topological polar surface area (TPSA) is 3.24 Å². The van der Waals surface area contributed by atoms with Crippen LogP contribution in [0.1, 0.15) is 28.7 Å². The van der Waals surface area contributed by atoms with Crippen LogP contribution in [0.4, 0.5) is 0 Å². The fourth-order valence-electron chi connectivity index (χ4n) is 2.84. The molecule has 0 amide bonds. The number of hydrogen-bond acceptors (Lipinski definition) is 1. The molecule has 2 heteroatoms. The number of benzene rings is 2. The molecule has 2 aromatic carbocycles. The summed E-state index contributed by atoms with van der Waals surface area (Å²) < 4.78 is 1.14. The molecule has 1 nitrogen and oxygen atoms in total. The van der Waals surface area contributed by atoms with Crippen LogP contribution >= 0.6 is 15.9 Å². The van der Waals surface area contributed by atoms with Crippen molar-refractivity contribution in [2.45, 2.75) is 6.42 Å². The predicted octanol–water partition coefficient (Wildman–Crippen LogP) is 5.28. The van der Waals surface area contributed by atoms with E-state index in [-0.39, 0.29) is 0 Å². The van der Waals surface area contributed by atoms with E-state index in [0.717, 1.165) is 17.4 Å². The van der Waals surface area contributed by atoms with Crippen LogP contribution in [0, 0.1) is 0 Å². The Balaban J connectivity index is 2.16. The van der Waals surface area contributed by atoms with Gasteiger partial charge in [-0.15, -0.1) is 0 Å². The summed E-state index contributed by atoms with van der Waals surface area (Å²) in [5, 5.41) is 0. The van der Waals surface area contributed by atoms with Gasteiger partial charge in [-0.05, 0) is 54.4 Å². The maximum absolute atomic E-state index is 3.75. The number of rotatable bonds is 3. The first-order valence-corrected chi connectivity index (χ1v) is 8.37. The van der Waals surface area contributed by atoms with Gasteiger partial charge in [0, 0.05) is 11.0 Å². The van der Waals surface area contributed by atoms with Crippen LogP contribution in [0.3, 0.4) is 0 Å². The Labute approximate surface area is 141 Å². The third-order valence-electron chi connectivity index (χ3n) is 3.93. The average Bonchev–Trinajstić information content (AvgIpc) is 2.63. The molecule has 0 bridgehead atoms. The quantitative estimate of drug-likeness (QED) is 0.725. The lowest BCUT2D eigenvalue weighted by atomic mass is 9.93. The fraction of sp³-hybridized carbons (Fsp3) is 0.200. The van der Waals surface area contributed by atoms with Crippen molar-refractivity contribution in [3.8, 4) is 0 Å². The zero-order valence-electron chi connectivity index (χ0n) is 13.0. The van der Waals surface area contributed by atoms with Gasteiger partial charge in [-0.2, -0.15) is 0 Å². The predicted molar refractivity (Wildman–Crippen MR) is 99.9 cm³/mol. The molecular formula is C20H20BrN. The highest BCUT2D eigenvalue weighted by atomic mass is 79.9. The lowest BCUT2D eigenvalue weighted by molar-refractivity contribution is 0.417. The Bertz CT molecular complexity index is 741. The average molecular weight is 354 g/mol. The number of fused-ring (bicyclic) bond motifs is 2. The minimum atomic E-state index is 1.04.